The zero-order valence-corrected chi connectivity index (χ0v) is 32.6. The lowest BCUT2D eigenvalue weighted by Crippen LogP contribution is -1.93. The zero-order chi connectivity index (χ0) is 38.6. The van der Waals surface area contributed by atoms with Gasteiger partial charge >= 0.3 is 0 Å². The molecular weight excluding hydrogens is 735 g/mol. The van der Waals surface area contributed by atoms with Crippen molar-refractivity contribution in [3.8, 4) is 39.2 Å². The van der Waals surface area contributed by atoms with E-state index in [9.17, 15) is 0 Å². The van der Waals surface area contributed by atoms with E-state index in [-0.39, 0.29) is 0 Å². The number of para-hydroxylation sites is 2. The maximum absolute atomic E-state index is 5.48. The smallest absolute Gasteiger partial charge is 0.156 e. The maximum Gasteiger partial charge on any atom is 0.156 e. The number of fused-ring (bicyclic) bond motifs is 13. The van der Waals surface area contributed by atoms with E-state index >= 15 is 0 Å². The Morgan fingerprint density at radius 1 is 0.373 bits per heavy atom. The highest BCUT2D eigenvalue weighted by molar-refractivity contribution is 7.26. The van der Waals surface area contributed by atoms with Crippen molar-refractivity contribution in [2.75, 3.05) is 0 Å². The third-order valence-electron chi connectivity index (χ3n) is 12.3. The van der Waals surface area contributed by atoms with Crippen LogP contribution in [-0.4, -0.2) is 14.0 Å². The van der Waals surface area contributed by atoms with Crippen LogP contribution in [0, 0.1) is 0 Å². The molecule has 0 bridgehead atoms. The van der Waals surface area contributed by atoms with Gasteiger partial charge in [-0.15, -0.1) is 11.3 Å². The Morgan fingerprint density at radius 2 is 1.00 bits per heavy atom. The molecule has 0 aliphatic carbocycles. The highest BCUT2D eigenvalue weighted by atomic mass is 32.1. The molecule has 13 aromatic rings. The summed E-state index contributed by atoms with van der Waals surface area (Å²) >= 11 is 1.83. The van der Waals surface area contributed by atoms with Crippen LogP contribution in [0.3, 0.4) is 0 Å². The number of nitrogens with zero attached hydrogens (tertiary/aromatic N) is 3. The Hall–Kier alpha value is -7.53. The molecule has 0 radical (unpaired) electrons. The van der Waals surface area contributed by atoms with Crippen molar-refractivity contribution in [3.63, 3.8) is 0 Å². The first-order valence-corrected chi connectivity index (χ1v) is 20.9. The molecule has 0 atom stereocenters. The average Bonchev–Trinajstić information content (AvgIpc) is 3.98. The van der Waals surface area contributed by atoms with Gasteiger partial charge in [0.15, 0.2) is 5.65 Å². The van der Waals surface area contributed by atoms with Crippen LogP contribution in [0.4, 0.5) is 0 Å². The minimum absolute atomic E-state index is 1.01. The summed E-state index contributed by atoms with van der Waals surface area (Å²) < 4.78 is 7.27. The van der Waals surface area contributed by atoms with Crippen LogP contribution in [0.25, 0.3) is 119 Å². The van der Waals surface area contributed by atoms with Gasteiger partial charge < -0.3 is 4.57 Å². The summed E-state index contributed by atoms with van der Waals surface area (Å²) in [6.07, 6.45) is 0. The summed E-state index contributed by atoms with van der Waals surface area (Å²) in [5.74, 6) is 0. The molecule has 0 spiro atoms. The summed E-state index contributed by atoms with van der Waals surface area (Å²) in [6, 6.07) is 73.1. The molecule has 0 saturated carbocycles. The Balaban J connectivity index is 0.917. The second-order valence-corrected chi connectivity index (χ2v) is 16.6. The van der Waals surface area contributed by atoms with Crippen molar-refractivity contribution in [3.05, 3.63) is 200 Å². The zero-order valence-electron chi connectivity index (χ0n) is 31.8. The number of hydrogen-bond acceptors (Lipinski definition) is 2. The van der Waals surface area contributed by atoms with E-state index in [1.165, 1.54) is 91.5 Å². The van der Waals surface area contributed by atoms with Crippen LogP contribution < -0.4 is 0 Å². The van der Waals surface area contributed by atoms with Gasteiger partial charge in [-0.05, 0) is 98.6 Å². The lowest BCUT2D eigenvalue weighted by Gasteiger charge is -2.11. The molecule has 0 unspecified atom stereocenters. The fourth-order valence-electron chi connectivity index (χ4n) is 9.43. The molecule has 0 aliphatic heterocycles. The molecule has 0 aliphatic rings. The molecule has 0 fully saturated rings. The Morgan fingerprint density at radius 3 is 1.80 bits per heavy atom. The third-order valence-corrected chi connectivity index (χ3v) is 13.5. The van der Waals surface area contributed by atoms with E-state index in [1.807, 2.05) is 11.3 Å². The summed E-state index contributed by atoms with van der Waals surface area (Å²) in [6.45, 7) is 0. The van der Waals surface area contributed by atoms with Gasteiger partial charge in [0.05, 0.1) is 32.5 Å². The number of benzene rings is 9. The van der Waals surface area contributed by atoms with E-state index < -0.39 is 0 Å². The van der Waals surface area contributed by atoms with Crippen molar-refractivity contribution in [1.29, 1.82) is 0 Å². The lowest BCUT2D eigenvalue weighted by atomic mass is 9.98. The fourth-order valence-corrected chi connectivity index (χ4v) is 10.6. The van der Waals surface area contributed by atoms with Crippen molar-refractivity contribution in [2.24, 2.45) is 0 Å². The van der Waals surface area contributed by atoms with Gasteiger partial charge in [0.25, 0.3) is 0 Å². The lowest BCUT2D eigenvalue weighted by molar-refractivity contribution is 1.18. The van der Waals surface area contributed by atoms with Gasteiger partial charge in [0.2, 0.25) is 0 Å². The number of aromatic nitrogens is 3. The molecule has 4 heteroatoms. The normalized spacial score (nSPS) is 12.1. The molecule has 59 heavy (non-hydrogen) atoms. The van der Waals surface area contributed by atoms with E-state index in [0.717, 1.165) is 27.9 Å². The van der Waals surface area contributed by atoms with Crippen LogP contribution in [0.5, 0.6) is 0 Å². The Bertz CT molecular complexity index is 3810. The average molecular weight is 768 g/mol. The molecule has 3 nitrogen and oxygen atoms in total. The van der Waals surface area contributed by atoms with Crippen LogP contribution in [0.1, 0.15) is 0 Å². The van der Waals surface area contributed by atoms with Crippen molar-refractivity contribution >= 4 is 91.5 Å². The van der Waals surface area contributed by atoms with Gasteiger partial charge in [-0.1, -0.05) is 146 Å². The third kappa shape index (κ3) is 4.91. The second-order valence-electron chi connectivity index (χ2n) is 15.6. The number of pyridine rings is 1. The van der Waals surface area contributed by atoms with Gasteiger partial charge in [-0.2, -0.15) is 0 Å². The van der Waals surface area contributed by atoms with Crippen LogP contribution in [-0.2, 0) is 0 Å². The van der Waals surface area contributed by atoms with Gasteiger partial charge in [-0.25, -0.2) is 4.98 Å². The molecule has 4 heterocycles. The Kier molecular flexibility index (Phi) is 6.89. The molecule has 4 aromatic heterocycles. The number of thiophene rings is 1. The van der Waals surface area contributed by atoms with Crippen molar-refractivity contribution in [2.45, 2.75) is 0 Å². The van der Waals surface area contributed by atoms with Crippen molar-refractivity contribution in [1.82, 2.24) is 14.0 Å². The minimum atomic E-state index is 1.01. The summed E-state index contributed by atoms with van der Waals surface area (Å²) in [4.78, 5) is 5.48. The molecule has 0 amide bonds. The first-order chi connectivity index (χ1) is 29.2. The van der Waals surface area contributed by atoms with Gasteiger partial charge in [0, 0.05) is 37.3 Å². The molecule has 0 saturated heterocycles. The molecule has 13 rings (SSSR count). The van der Waals surface area contributed by atoms with Gasteiger partial charge in [-0.3, -0.25) is 4.40 Å². The quantitative estimate of drug-likeness (QED) is 0.164. The standard InChI is InChI=1S/C55H33N3S/c1-2-12-42(13-3-1)57-48-16-8-6-14-43(48)44-28-26-40(32-51(44)57)36-20-18-34(19-21-36)35-22-24-37(25-23-35)50-33-47-45-15-7-9-17-52(45)59-54(47)55-56-53-46-31-39-11-5-4-10-38(39)30-41(46)27-29-49(53)58(50)55/h1-33H. The van der Waals surface area contributed by atoms with Crippen LogP contribution in [0.2, 0.25) is 0 Å². The highest BCUT2D eigenvalue weighted by Gasteiger charge is 2.19. The monoisotopic (exact) mass is 767 g/mol. The first-order valence-electron chi connectivity index (χ1n) is 20.1. The van der Waals surface area contributed by atoms with E-state index in [1.54, 1.807) is 0 Å². The summed E-state index contributed by atoms with van der Waals surface area (Å²) in [7, 11) is 0. The summed E-state index contributed by atoms with van der Waals surface area (Å²) in [5.41, 5.74) is 13.9. The topological polar surface area (TPSA) is 22.2 Å². The van der Waals surface area contributed by atoms with Crippen molar-refractivity contribution < 1.29 is 0 Å². The largest absolute Gasteiger partial charge is 0.309 e. The second kappa shape index (κ2) is 12.5. The van der Waals surface area contributed by atoms with Crippen LogP contribution in [0.15, 0.2) is 200 Å². The minimum Gasteiger partial charge on any atom is -0.309 e. The highest BCUT2D eigenvalue weighted by Crippen LogP contribution is 2.42. The summed E-state index contributed by atoms with van der Waals surface area (Å²) in [5, 5.41) is 9.92. The van der Waals surface area contributed by atoms with Gasteiger partial charge in [0.1, 0.15) is 0 Å². The first kappa shape index (κ1) is 32.5. The maximum atomic E-state index is 5.48. The fraction of sp³-hybridized carbons (Fsp3) is 0. The Labute approximate surface area is 343 Å². The number of imidazole rings is 1. The van der Waals surface area contributed by atoms with E-state index in [2.05, 4.69) is 209 Å². The predicted octanol–water partition coefficient (Wildman–Crippen LogP) is 15.3. The number of rotatable bonds is 4. The molecule has 0 N–H and O–H groups in total. The van der Waals surface area contributed by atoms with Crippen LogP contribution >= 0.6 is 11.3 Å². The van der Waals surface area contributed by atoms with E-state index in [0.29, 0.717) is 0 Å². The number of hydrogen-bond donors (Lipinski definition) is 0. The molecule has 9 aromatic carbocycles. The molecular formula is C55H33N3S. The molecule has 274 valence electrons. The van der Waals surface area contributed by atoms with E-state index in [4.69, 9.17) is 4.98 Å². The SMILES string of the molecule is c1ccc(-n2c3ccccc3c3ccc(-c4ccc(-c5ccc(-c6cc7c8ccccc8sc7c7nc8c9cc%10ccccc%10cc9ccc8n67)cc5)cc4)cc32)cc1. The predicted molar refractivity (Wildman–Crippen MR) is 251 cm³/mol.